The summed E-state index contributed by atoms with van der Waals surface area (Å²) in [5, 5.41) is 9.38. The Morgan fingerprint density at radius 2 is 2.29 bits per heavy atom. The Bertz CT molecular complexity index is 357. The fraction of sp³-hybridized carbons (Fsp3) is 0.250. The van der Waals surface area contributed by atoms with Crippen LogP contribution in [0.2, 0.25) is 0 Å². The van der Waals surface area contributed by atoms with Crippen molar-refractivity contribution < 1.29 is 18.7 Å². The Hall–Kier alpha value is -1.04. The van der Waals surface area contributed by atoms with Gasteiger partial charge in [0.15, 0.2) is 6.29 Å². The number of nitrogens with zero attached hydrogens (tertiary/aromatic N) is 1. The molecule has 6 heteroatoms. The van der Waals surface area contributed by atoms with Gasteiger partial charge in [0.2, 0.25) is 0 Å². The first-order chi connectivity index (χ1) is 6.60. The van der Waals surface area contributed by atoms with Crippen LogP contribution in [0.15, 0.2) is 6.07 Å². The maximum atomic E-state index is 12.3. The highest BCUT2D eigenvalue weighted by Crippen LogP contribution is 2.26. The van der Waals surface area contributed by atoms with Crippen LogP contribution >= 0.6 is 15.9 Å². The van der Waals surface area contributed by atoms with E-state index >= 15 is 0 Å². The van der Waals surface area contributed by atoms with Crippen LogP contribution < -0.4 is 0 Å². The van der Waals surface area contributed by atoms with E-state index in [1.54, 1.807) is 0 Å². The van der Waals surface area contributed by atoms with Crippen molar-refractivity contribution >= 4 is 22.2 Å². The van der Waals surface area contributed by atoms with Gasteiger partial charge in [0.1, 0.15) is 11.4 Å². The van der Waals surface area contributed by atoms with Gasteiger partial charge < -0.3 is 5.11 Å². The second-order valence-corrected chi connectivity index (χ2v) is 3.04. The third kappa shape index (κ3) is 2.06. The molecule has 0 amide bonds. The van der Waals surface area contributed by atoms with Gasteiger partial charge in [-0.25, -0.2) is 13.8 Å². The van der Waals surface area contributed by atoms with Crippen LogP contribution in [0.1, 0.15) is 28.2 Å². The number of rotatable bonds is 3. The van der Waals surface area contributed by atoms with E-state index in [-0.39, 0.29) is 28.6 Å². The molecular formula is C8H6BrF2NO2. The fourth-order valence-corrected chi connectivity index (χ4v) is 1.35. The van der Waals surface area contributed by atoms with Gasteiger partial charge in [0.25, 0.3) is 6.43 Å². The van der Waals surface area contributed by atoms with Crippen LogP contribution in [0.25, 0.3) is 0 Å². The first kappa shape index (κ1) is 11.0. The first-order valence-corrected chi connectivity index (χ1v) is 4.74. The number of pyridine rings is 1. The van der Waals surface area contributed by atoms with E-state index in [1.165, 1.54) is 0 Å². The number of halogens is 3. The van der Waals surface area contributed by atoms with Crippen molar-refractivity contribution in [3.63, 3.8) is 0 Å². The minimum absolute atomic E-state index is 0.0888. The van der Waals surface area contributed by atoms with Crippen LogP contribution in [0.3, 0.4) is 0 Å². The third-order valence-corrected chi connectivity index (χ3v) is 2.13. The van der Waals surface area contributed by atoms with Crippen LogP contribution in [0.4, 0.5) is 8.78 Å². The first-order valence-electron chi connectivity index (χ1n) is 3.62. The lowest BCUT2D eigenvalue weighted by molar-refractivity contribution is 0.110. The number of hydrogen-bond donors (Lipinski definition) is 1. The number of hydrogen-bond acceptors (Lipinski definition) is 3. The van der Waals surface area contributed by atoms with Gasteiger partial charge >= 0.3 is 0 Å². The van der Waals surface area contributed by atoms with Crippen LogP contribution in [-0.4, -0.2) is 16.4 Å². The summed E-state index contributed by atoms with van der Waals surface area (Å²) in [6, 6.07) is 0.984. The molecule has 76 valence electrons. The maximum Gasteiger partial charge on any atom is 0.281 e. The van der Waals surface area contributed by atoms with E-state index in [0.717, 1.165) is 6.07 Å². The number of carbonyl (C=O) groups excluding carboxylic acids is 1. The zero-order valence-corrected chi connectivity index (χ0v) is 8.46. The van der Waals surface area contributed by atoms with E-state index in [9.17, 15) is 18.7 Å². The molecule has 0 fully saturated rings. The molecule has 14 heavy (non-hydrogen) atoms. The SMILES string of the molecule is O=Cc1cc(O)c(CBr)nc1C(F)F. The smallest absolute Gasteiger partial charge is 0.281 e. The van der Waals surface area contributed by atoms with Gasteiger partial charge in [-0.15, -0.1) is 0 Å². The molecule has 1 heterocycles. The van der Waals surface area contributed by atoms with E-state index in [0.29, 0.717) is 0 Å². The Morgan fingerprint density at radius 3 is 2.71 bits per heavy atom. The highest BCUT2D eigenvalue weighted by atomic mass is 79.9. The van der Waals surface area contributed by atoms with Crippen LogP contribution in [0.5, 0.6) is 5.75 Å². The van der Waals surface area contributed by atoms with E-state index in [4.69, 9.17) is 0 Å². The Balaban J connectivity index is 3.32. The van der Waals surface area contributed by atoms with Gasteiger partial charge in [-0.2, -0.15) is 0 Å². The third-order valence-electron chi connectivity index (χ3n) is 1.60. The van der Waals surface area contributed by atoms with Gasteiger partial charge in [0.05, 0.1) is 5.69 Å². The number of aromatic nitrogens is 1. The molecule has 0 saturated carbocycles. The second kappa shape index (κ2) is 4.45. The van der Waals surface area contributed by atoms with Crippen molar-refractivity contribution in [3.8, 4) is 5.75 Å². The molecule has 0 aliphatic rings. The number of aldehydes is 1. The van der Waals surface area contributed by atoms with Gasteiger partial charge in [-0.05, 0) is 6.07 Å². The summed E-state index contributed by atoms with van der Waals surface area (Å²) in [4.78, 5) is 13.9. The largest absolute Gasteiger partial charge is 0.506 e. The predicted molar refractivity (Wildman–Crippen MR) is 48.9 cm³/mol. The monoisotopic (exact) mass is 265 g/mol. The molecule has 1 aromatic heterocycles. The summed E-state index contributed by atoms with van der Waals surface area (Å²) in [6.45, 7) is 0. The highest BCUT2D eigenvalue weighted by Gasteiger charge is 2.17. The normalized spacial score (nSPS) is 10.6. The van der Waals surface area contributed by atoms with Crippen molar-refractivity contribution in [2.45, 2.75) is 11.8 Å². The predicted octanol–water partition coefficient (Wildman–Crippen LogP) is 2.43. The van der Waals surface area contributed by atoms with Crippen molar-refractivity contribution in [2.75, 3.05) is 0 Å². The van der Waals surface area contributed by atoms with Crippen molar-refractivity contribution in [2.24, 2.45) is 0 Å². The lowest BCUT2D eigenvalue weighted by Crippen LogP contribution is -2.00. The van der Waals surface area contributed by atoms with E-state index < -0.39 is 12.1 Å². The summed E-state index contributed by atoms with van der Waals surface area (Å²) in [6.07, 6.45) is -2.58. The Labute approximate surface area is 86.9 Å². The molecule has 0 bridgehead atoms. The van der Waals surface area contributed by atoms with Crippen molar-refractivity contribution in [1.82, 2.24) is 4.98 Å². The van der Waals surface area contributed by atoms with Gasteiger partial charge in [0, 0.05) is 10.9 Å². The zero-order chi connectivity index (χ0) is 10.7. The summed E-state index contributed by atoms with van der Waals surface area (Å²) < 4.78 is 24.7. The summed E-state index contributed by atoms with van der Waals surface area (Å²) in [5.41, 5.74) is -0.805. The molecular weight excluding hydrogens is 260 g/mol. The van der Waals surface area contributed by atoms with E-state index in [1.807, 2.05) is 0 Å². The summed E-state index contributed by atoms with van der Waals surface area (Å²) >= 11 is 2.98. The van der Waals surface area contributed by atoms with Gasteiger partial charge in [-0.1, -0.05) is 15.9 Å². The van der Waals surface area contributed by atoms with Crippen molar-refractivity contribution in [1.29, 1.82) is 0 Å². The van der Waals surface area contributed by atoms with Crippen molar-refractivity contribution in [3.05, 3.63) is 23.0 Å². The molecule has 0 aliphatic heterocycles. The molecule has 0 spiro atoms. The molecule has 1 N–H and O–H groups in total. The second-order valence-electron chi connectivity index (χ2n) is 2.48. The quantitative estimate of drug-likeness (QED) is 0.675. The highest BCUT2D eigenvalue weighted by molar-refractivity contribution is 9.08. The maximum absolute atomic E-state index is 12.3. The lowest BCUT2D eigenvalue weighted by Gasteiger charge is -2.06. The molecule has 0 aliphatic carbocycles. The molecule has 0 atom stereocenters. The molecule has 0 unspecified atom stereocenters. The number of carbonyl (C=O) groups is 1. The molecule has 0 radical (unpaired) electrons. The van der Waals surface area contributed by atoms with Gasteiger partial charge in [-0.3, -0.25) is 4.79 Å². The Morgan fingerprint density at radius 1 is 1.64 bits per heavy atom. The molecule has 0 aromatic carbocycles. The van der Waals surface area contributed by atoms with E-state index in [2.05, 4.69) is 20.9 Å². The molecule has 1 aromatic rings. The standard InChI is InChI=1S/C8H6BrF2NO2/c9-2-5-6(14)1-4(3-13)7(12-5)8(10)11/h1,3,8,14H,2H2. The summed E-state index contributed by atoms with van der Waals surface area (Å²) in [7, 11) is 0. The topological polar surface area (TPSA) is 50.2 Å². The molecule has 3 nitrogen and oxygen atoms in total. The number of aromatic hydroxyl groups is 1. The lowest BCUT2D eigenvalue weighted by atomic mass is 10.2. The van der Waals surface area contributed by atoms with Crippen LogP contribution in [0, 0.1) is 0 Å². The minimum atomic E-state index is -2.83. The summed E-state index contributed by atoms with van der Waals surface area (Å²) in [5.74, 6) is -0.270. The Kier molecular flexibility index (Phi) is 3.51. The van der Waals surface area contributed by atoms with Crippen LogP contribution in [-0.2, 0) is 5.33 Å². The molecule has 0 saturated heterocycles. The number of alkyl halides is 3. The minimum Gasteiger partial charge on any atom is -0.506 e. The average molecular weight is 266 g/mol. The average Bonchev–Trinajstić information content (AvgIpc) is 2.16. The fourth-order valence-electron chi connectivity index (χ4n) is 0.939. The zero-order valence-electron chi connectivity index (χ0n) is 6.88. The molecule has 1 rings (SSSR count).